The van der Waals surface area contributed by atoms with E-state index in [1.54, 1.807) is 50.5 Å². The first kappa shape index (κ1) is 24.1. The van der Waals surface area contributed by atoms with Gasteiger partial charge >= 0.3 is 12.3 Å². The number of nitrogens with one attached hydrogen (secondary N) is 3. The van der Waals surface area contributed by atoms with E-state index < -0.39 is 12.0 Å². The van der Waals surface area contributed by atoms with E-state index in [1.165, 1.54) is 18.2 Å². The number of hydrogen-bond donors (Lipinski definition) is 5. The molecule has 1 amide bonds. The third-order valence-electron chi connectivity index (χ3n) is 3.98. The number of carbonyl (C=O) groups is 1. The molecule has 0 saturated carbocycles. The maximum Gasteiger partial charge on any atom is 0.339 e. The molecule has 0 heterocycles. The van der Waals surface area contributed by atoms with Gasteiger partial charge in [-0.25, -0.2) is 10.1 Å². The molecule has 0 saturated heterocycles. The molecule has 10 nitrogen and oxygen atoms in total. The van der Waals surface area contributed by atoms with Crippen molar-refractivity contribution in [2.24, 2.45) is 4.99 Å². The van der Waals surface area contributed by atoms with E-state index in [4.69, 9.17) is 25.4 Å². The van der Waals surface area contributed by atoms with Crippen LogP contribution < -0.4 is 25.5 Å². The highest BCUT2D eigenvalue weighted by atomic mass is 16.5. The number of ether oxygens (including phenoxy) is 2. The summed E-state index contributed by atoms with van der Waals surface area (Å²) in [4.78, 5) is 16.2. The zero-order valence-electron chi connectivity index (χ0n) is 17.8. The Hall–Kier alpha value is -4.18. The number of amidine groups is 2. The van der Waals surface area contributed by atoms with Crippen LogP contribution in [0.4, 0.5) is 0 Å². The molecule has 0 fully saturated rings. The molecule has 8 N–H and O–H groups in total. The third kappa shape index (κ3) is 7.26. The van der Waals surface area contributed by atoms with Crippen LogP contribution in [0.3, 0.4) is 0 Å². The fourth-order valence-electron chi connectivity index (χ4n) is 2.47. The van der Waals surface area contributed by atoms with Crippen LogP contribution in [0.2, 0.25) is 0 Å². The minimum atomic E-state index is -0.487. The van der Waals surface area contributed by atoms with Crippen molar-refractivity contribution < 1.29 is 29.9 Å². The van der Waals surface area contributed by atoms with Gasteiger partial charge in [-0.1, -0.05) is 0 Å². The second-order valence-electron chi connectivity index (χ2n) is 6.57. The predicted octanol–water partition coefficient (Wildman–Crippen LogP) is -0.0627. The largest absolute Gasteiger partial charge is 0.584 e. The molecule has 0 radical (unpaired) electrons. The van der Waals surface area contributed by atoms with Crippen molar-refractivity contribution in [1.82, 2.24) is 10.6 Å². The number of rotatable bonds is 9. The molecule has 1 atom stereocenters. The zero-order valence-corrected chi connectivity index (χ0v) is 17.8. The zero-order chi connectivity index (χ0) is 23.5. The minimum Gasteiger partial charge on any atom is -0.584 e. The summed E-state index contributed by atoms with van der Waals surface area (Å²) < 4.78 is 11.5. The maximum atomic E-state index is 12.6. The molecule has 0 aliphatic heterocycles. The van der Waals surface area contributed by atoms with E-state index in [1.807, 2.05) is 0 Å². The van der Waals surface area contributed by atoms with Crippen LogP contribution in [0, 0.1) is 5.41 Å². The summed E-state index contributed by atoms with van der Waals surface area (Å²) in [6.07, 6.45) is 3.40. The lowest BCUT2D eigenvalue weighted by molar-refractivity contribution is -0.115. The van der Waals surface area contributed by atoms with Gasteiger partial charge in [0.05, 0.1) is 12.2 Å². The smallest absolute Gasteiger partial charge is 0.339 e. The highest BCUT2D eigenvalue weighted by Crippen LogP contribution is 2.28. The second kappa shape index (κ2) is 11.9. The van der Waals surface area contributed by atoms with Gasteiger partial charge < -0.3 is 25.0 Å². The predicted molar refractivity (Wildman–Crippen MR) is 122 cm³/mol. The summed E-state index contributed by atoms with van der Waals surface area (Å²) in [7, 11) is 1.70. The molecule has 2 rings (SSSR count). The molecule has 0 unspecified atom stereocenters. The summed E-state index contributed by atoms with van der Waals surface area (Å²) in [6.45, 7) is 1.49. The number of hydrogen-bond acceptors (Lipinski definition) is 6. The van der Waals surface area contributed by atoms with E-state index >= 15 is 0 Å². The van der Waals surface area contributed by atoms with Crippen LogP contribution in [0.25, 0.3) is 0 Å². The third-order valence-corrected chi connectivity index (χ3v) is 3.98. The molecule has 0 bridgehead atoms. The number of aliphatic imine (C=N–C) groups is 1. The Kier molecular flexibility index (Phi) is 8.93. The molecule has 0 aromatic heterocycles. The Bertz CT molecular complexity index is 1020. The van der Waals surface area contributed by atoms with Gasteiger partial charge in [0.1, 0.15) is 23.4 Å². The number of nitrogens with two attached hydrogens (primary N) is 1. The molecular formula is C22H27N5O5+2. The van der Waals surface area contributed by atoms with Crippen molar-refractivity contribution in [3.8, 4) is 17.2 Å². The van der Waals surface area contributed by atoms with Crippen molar-refractivity contribution in [2.75, 3.05) is 13.7 Å². The summed E-state index contributed by atoms with van der Waals surface area (Å²) in [5.74, 6) is 0.761. The summed E-state index contributed by atoms with van der Waals surface area (Å²) in [5.41, 5.74) is 0.766. The molecule has 0 aliphatic carbocycles. The molecule has 0 spiro atoms. The van der Waals surface area contributed by atoms with Gasteiger partial charge in [0.2, 0.25) is 0 Å². The highest BCUT2D eigenvalue weighted by molar-refractivity contribution is 6.08. The van der Waals surface area contributed by atoms with Crippen molar-refractivity contribution in [3.63, 3.8) is 0 Å². The first-order valence-corrected chi connectivity index (χ1v) is 9.63. The number of nitrogens with zero attached hydrogens (tertiary/aromatic N) is 1. The Morgan fingerprint density at radius 2 is 1.91 bits per heavy atom. The van der Waals surface area contributed by atoms with Gasteiger partial charge in [-0.05, 0) is 43.3 Å². The Balaban J connectivity index is 2.28. The van der Waals surface area contributed by atoms with E-state index in [9.17, 15) is 9.90 Å². The van der Waals surface area contributed by atoms with Crippen LogP contribution >= 0.6 is 0 Å². The molecule has 32 heavy (non-hydrogen) atoms. The van der Waals surface area contributed by atoms with Crippen LogP contribution in [0.1, 0.15) is 22.8 Å². The molecular weight excluding hydrogens is 414 g/mol. The standard InChI is InChI=1S/C22H25N5O5/c1-14(12-28)31-18-9-16(22(30)27-20(23)7-8-25-2)10-19(11-18)32-17-5-3-15(4-6-17)21(24)26-13-29/h3-11,13-14,25,28H,12H2,1-2H3,(H2,23,27,30)(H2,24,26,29)/p+2/b8-7-/t14-/m0/s1. The number of aliphatic hydroxyl groups is 1. The topological polar surface area (TPSA) is 165 Å². The van der Waals surface area contributed by atoms with Crippen LogP contribution in [-0.2, 0) is 0 Å². The monoisotopic (exact) mass is 441 g/mol. The SMILES string of the molecule is CN/C=C\C(=[NH2+])NC(=O)c1cc(Oc2ccc(C(=N)N=C[OH2+])cc2)cc(O[C@@H](C)CO)c1. The van der Waals surface area contributed by atoms with E-state index in [-0.39, 0.29) is 23.8 Å². The van der Waals surface area contributed by atoms with Crippen LogP contribution in [0.5, 0.6) is 17.2 Å². The molecule has 2 aromatic rings. The number of aliphatic hydroxyl groups excluding tert-OH is 1. The summed E-state index contributed by atoms with van der Waals surface area (Å²) in [5, 5.41) is 35.1. The van der Waals surface area contributed by atoms with Crippen molar-refractivity contribution in [3.05, 3.63) is 65.9 Å². The van der Waals surface area contributed by atoms with Gasteiger partial charge in [-0.2, -0.15) is 4.99 Å². The fourth-order valence-corrected chi connectivity index (χ4v) is 2.47. The van der Waals surface area contributed by atoms with Crippen LogP contribution in [0.15, 0.2) is 59.7 Å². The lowest BCUT2D eigenvalue weighted by Crippen LogP contribution is -2.49. The van der Waals surface area contributed by atoms with Crippen molar-refractivity contribution >= 4 is 24.0 Å². The van der Waals surface area contributed by atoms with Crippen molar-refractivity contribution in [2.45, 2.75) is 13.0 Å². The first-order valence-electron chi connectivity index (χ1n) is 9.63. The average Bonchev–Trinajstić information content (AvgIpc) is 2.78. The highest BCUT2D eigenvalue weighted by Gasteiger charge is 2.17. The quantitative estimate of drug-likeness (QED) is 0.209. The normalized spacial score (nSPS) is 11.8. The average molecular weight is 441 g/mol. The van der Waals surface area contributed by atoms with Crippen LogP contribution in [-0.4, -0.2) is 54.0 Å². The summed E-state index contributed by atoms with van der Waals surface area (Å²) in [6, 6.07) is 11.2. The van der Waals surface area contributed by atoms with Crippen molar-refractivity contribution in [1.29, 1.82) is 5.41 Å². The van der Waals surface area contributed by atoms with Gasteiger partial charge in [0.25, 0.3) is 5.84 Å². The Labute approximate surface area is 185 Å². The van der Waals surface area contributed by atoms with Gasteiger partial charge in [0, 0.05) is 31.0 Å². The van der Waals surface area contributed by atoms with Gasteiger partial charge in [-0.15, -0.1) is 0 Å². The Morgan fingerprint density at radius 1 is 1.22 bits per heavy atom. The number of carbonyl (C=O) groups excluding carboxylic acids is 1. The maximum absolute atomic E-state index is 12.6. The second-order valence-corrected chi connectivity index (χ2v) is 6.57. The molecule has 10 heteroatoms. The lowest BCUT2D eigenvalue weighted by Gasteiger charge is -2.14. The van der Waals surface area contributed by atoms with Gasteiger partial charge in [0.15, 0.2) is 5.84 Å². The first-order chi connectivity index (χ1) is 15.4. The molecule has 168 valence electrons. The number of amides is 1. The minimum absolute atomic E-state index is 0.0416. The molecule has 0 aliphatic rings. The number of benzene rings is 2. The van der Waals surface area contributed by atoms with Gasteiger partial charge in [-0.3, -0.25) is 10.8 Å². The van der Waals surface area contributed by atoms with E-state index in [0.29, 0.717) is 22.8 Å². The lowest BCUT2D eigenvalue weighted by atomic mass is 10.1. The molecule has 2 aromatic carbocycles. The fraction of sp³-hybridized carbons (Fsp3) is 0.182. The Morgan fingerprint density at radius 3 is 2.53 bits per heavy atom. The van der Waals surface area contributed by atoms with E-state index in [2.05, 4.69) is 15.6 Å². The van der Waals surface area contributed by atoms with E-state index in [0.717, 1.165) is 6.40 Å². The summed E-state index contributed by atoms with van der Waals surface area (Å²) >= 11 is 0.